The van der Waals surface area contributed by atoms with Crippen LogP contribution in [0.5, 0.6) is 11.5 Å². The van der Waals surface area contributed by atoms with E-state index in [0.717, 1.165) is 17.4 Å². The lowest BCUT2D eigenvalue weighted by molar-refractivity contribution is 0.252. The molecular formula is C16H24ClNO2. The van der Waals surface area contributed by atoms with Crippen LogP contribution in [0, 0.1) is 11.8 Å². The zero-order valence-corrected chi connectivity index (χ0v) is 13.5. The van der Waals surface area contributed by atoms with E-state index in [1.165, 1.54) is 19.3 Å². The highest BCUT2D eigenvalue weighted by Crippen LogP contribution is 2.38. The second kappa shape index (κ2) is 6.57. The first-order valence-electron chi connectivity index (χ1n) is 7.24. The maximum absolute atomic E-state index is 6.22. The third kappa shape index (κ3) is 3.14. The van der Waals surface area contributed by atoms with Crippen molar-refractivity contribution in [3.8, 4) is 11.5 Å². The molecule has 0 saturated heterocycles. The molecule has 1 aromatic rings. The van der Waals surface area contributed by atoms with Crippen LogP contribution in [0.2, 0.25) is 5.02 Å². The third-order valence-corrected chi connectivity index (χ3v) is 4.82. The van der Waals surface area contributed by atoms with Crippen LogP contribution in [-0.2, 0) is 0 Å². The molecule has 1 aliphatic rings. The highest BCUT2D eigenvalue weighted by Gasteiger charge is 2.27. The van der Waals surface area contributed by atoms with Gasteiger partial charge in [-0.3, -0.25) is 0 Å². The van der Waals surface area contributed by atoms with Crippen LogP contribution in [0.3, 0.4) is 0 Å². The highest BCUT2D eigenvalue weighted by molar-refractivity contribution is 6.32. The van der Waals surface area contributed by atoms with Gasteiger partial charge in [0.25, 0.3) is 0 Å². The Morgan fingerprint density at radius 1 is 1.10 bits per heavy atom. The maximum atomic E-state index is 6.22. The summed E-state index contributed by atoms with van der Waals surface area (Å²) in [6.07, 6.45) is 3.79. The van der Waals surface area contributed by atoms with E-state index in [9.17, 15) is 0 Å². The molecule has 0 bridgehead atoms. The van der Waals surface area contributed by atoms with Crippen LogP contribution in [0.4, 0.5) is 5.69 Å². The number of rotatable bonds is 4. The van der Waals surface area contributed by atoms with Gasteiger partial charge in [0.05, 0.1) is 24.9 Å². The number of ether oxygens (including phenoxy) is 2. The van der Waals surface area contributed by atoms with Gasteiger partial charge in [-0.1, -0.05) is 38.3 Å². The second-order valence-electron chi connectivity index (χ2n) is 5.71. The van der Waals surface area contributed by atoms with Gasteiger partial charge in [0.1, 0.15) is 11.5 Å². The topological polar surface area (TPSA) is 30.5 Å². The monoisotopic (exact) mass is 297 g/mol. The van der Waals surface area contributed by atoms with Crippen molar-refractivity contribution >= 4 is 17.3 Å². The van der Waals surface area contributed by atoms with Crippen molar-refractivity contribution < 1.29 is 9.47 Å². The molecule has 0 spiro atoms. The van der Waals surface area contributed by atoms with E-state index in [-0.39, 0.29) is 0 Å². The molecule has 3 nitrogen and oxygen atoms in total. The normalized spacial score (nSPS) is 26.1. The largest absolute Gasteiger partial charge is 0.495 e. The first-order valence-corrected chi connectivity index (χ1v) is 7.62. The Hall–Kier alpha value is -1.09. The Kier molecular flexibility index (Phi) is 5.03. The molecule has 2 rings (SSSR count). The minimum absolute atomic E-state index is 0.470. The van der Waals surface area contributed by atoms with E-state index < -0.39 is 0 Å². The number of nitrogens with one attached hydrogen (secondary N) is 1. The first-order chi connectivity index (χ1) is 9.56. The summed E-state index contributed by atoms with van der Waals surface area (Å²) < 4.78 is 10.7. The predicted octanol–water partition coefficient (Wildman–Crippen LogP) is 4.59. The van der Waals surface area contributed by atoms with E-state index >= 15 is 0 Å². The van der Waals surface area contributed by atoms with Crippen LogP contribution in [-0.4, -0.2) is 20.3 Å². The predicted molar refractivity (Wildman–Crippen MR) is 84.1 cm³/mol. The van der Waals surface area contributed by atoms with Gasteiger partial charge >= 0.3 is 0 Å². The lowest BCUT2D eigenvalue weighted by atomic mass is 9.78. The molecule has 3 unspecified atom stereocenters. The molecule has 1 saturated carbocycles. The van der Waals surface area contributed by atoms with Gasteiger partial charge in [-0.15, -0.1) is 0 Å². The molecule has 1 N–H and O–H groups in total. The van der Waals surface area contributed by atoms with Crippen LogP contribution in [0.15, 0.2) is 12.1 Å². The Morgan fingerprint density at radius 3 is 2.45 bits per heavy atom. The van der Waals surface area contributed by atoms with Gasteiger partial charge in [-0.05, 0) is 24.3 Å². The average molecular weight is 298 g/mol. The van der Waals surface area contributed by atoms with Gasteiger partial charge in [0.2, 0.25) is 0 Å². The van der Waals surface area contributed by atoms with E-state index in [0.29, 0.717) is 22.7 Å². The minimum atomic E-state index is 0.470. The summed E-state index contributed by atoms with van der Waals surface area (Å²) >= 11 is 6.22. The molecule has 0 heterocycles. The molecule has 0 aromatic heterocycles. The van der Waals surface area contributed by atoms with Crippen molar-refractivity contribution in [3.05, 3.63) is 17.2 Å². The van der Waals surface area contributed by atoms with Gasteiger partial charge in [-0.2, -0.15) is 0 Å². The Balaban J connectivity index is 2.22. The van der Waals surface area contributed by atoms with E-state index in [1.807, 2.05) is 12.1 Å². The Bertz CT molecular complexity index is 464. The first kappa shape index (κ1) is 15.3. The fraction of sp³-hybridized carbons (Fsp3) is 0.625. The quantitative estimate of drug-likeness (QED) is 0.881. The second-order valence-corrected chi connectivity index (χ2v) is 6.11. The van der Waals surface area contributed by atoms with E-state index in [2.05, 4.69) is 19.2 Å². The number of hydrogen-bond donors (Lipinski definition) is 1. The molecule has 1 aliphatic carbocycles. The minimum Gasteiger partial charge on any atom is -0.495 e. The summed E-state index contributed by atoms with van der Waals surface area (Å²) in [6, 6.07) is 4.20. The number of anilines is 1. The molecule has 1 fully saturated rings. The van der Waals surface area contributed by atoms with Gasteiger partial charge in [0.15, 0.2) is 0 Å². The summed E-state index contributed by atoms with van der Waals surface area (Å²) in [5.74, 6) is 2.81. The number of methoxy groups -OCH3 is 2. The summed E-state index contributed by atoms with van der Waals surface area (Å²) in [6.45, 7) is 4.65. The van der Waals surface area contributed by atoms with Crippen LogP contribution in [0.25, 0.3) is 0 Å². The average Bonchev–Trinajstić information content (AvgIpc) is 2.44. The lowest BCUT2D eigenvalue weighted by Crippen LogP contribution is -2.35. The molecule has 0 aliphatic heterocycles. The fourth-order valence-corrected chi connectivity index (χ4v) is 3.20. The van der Waals surface area contributed by atoms with Gasteiger partial charge in [0, 0.05) is 12.1 Å². The van der Waals surface area contributed by atoms with Crippen LogP contribution >= 0.6 is 11.6 Å². The molecule has 3 atom stereocenters. The number of benzene rings is 1. The van der Waals surface area contributed by atoms with Crippen molar-refractivity contribution in [2.45, 2.75) is 39.2 Å². The maximum Gasteiger partial charge on any atom is 0.145 e. The molecule has 4 heteroatoms. The zero-order chi connectivity index (χ0) is 14.7. The smallest absolute Gasteiger partial charge is 0.145 e. The fourth-order valence-electron chi connectivity index (χ4n) is 2.96. The standard InChI is InChI=1S/C16H24ClNO2/c1-10-6-5-7-13(11(10)2)18-14-8-12(17)15(19-3)9-16(14)20-4/h8-11,13,18H,5-7H2,1-4H3. The third-order valence-electron chi connectivity index (χ3n) is 4.52. The summed E-state index contributed by atoms with van der Waals surface area (Å²) in [5, 5.41) is 4.21. The van der Waals surface area contributed by atoms with Crippen molar-refractivity contribution in [3.63, 3.8) is 0 Å². The zero-order valence-electron chi connectivity index (χ0n) is 12.7. The summed E-state index contributed by atoms with van der Waals surface area (Å²) in [5.41, 5.74) is 0.948. The summed E-state index contributed by atoms with van der Waals surface area (Å²) in [7, 11) is 3.28. The van der Waals surface area contributed by atoms with Gasteiger partial charge < -0.3 is 14.8 Å². The van der Waals surface area contributed by atoms with Crippen molar-refractivity contribution in [2.75, 3.05) is 19.5 Å². The lowest BCUT2D eigenvalue weighted by Gasteiger charge is -2.35. The van der Waals surface area contributed by atoms with E-state index in [1.54, 1.807) is 14.2 Å². The van der Waals surface area contributed by atoms with Crippen molar-refractivity contribution in [2.24, 2.45) is 11.8 Å². The molecule has 0 amide bonds. The summed E-state index contributed by atoms with van der Waals surface area (Å²) in [4.78, 5) is 0. The van der Waals surface area contributed by atoms with Crippen LogP contribution < -0.4 is 14.8 Å². The Morgan fingerprint density at radius 2 is 1.80 bits per heavy atom. The molecule has 0 radical (unpaired) electrons. The molecular weight excluding hydrogens is 274 g/mol. The van der Waals surface area contributed by atoms with Crippen LogP contribution in [0.1, 0.15) is 33.1 Å². The van der Waals surface area contributed by atoms with Crippen molar-refractivity contribution in [1.29, 1.82) is 0 Å². The molecule has 20 heavy (non-hydrogen) atoms. The van der Waals surface area contributed by atoms with Crippen molar-refractivity contribution in [1.82, 2.24) is 0 Å². The number of halogens is 1. The Labute approximate surface area is 126 Å². The SMILES string of the molecule is COc1cc(OC)c(NC2CCCC(C)C2C)cc1Cl. The van der Waals surface area contributed by atoms with Gasteiger partial charge in [-0.25, -0.2) is 0 Å². The molecule has 1 aromatic carbocycles. The molecule has 112 valence electrons. The van der Waals surface area contributed by atoms with E-state index in [4.69, 9.17) is 21.1 Å². The highest BCUT2D eigenvalue weighted by atomic mass is 35.5. The number of hydrogen-bond acceptors (Lipinski definition) is 3.